The van der Waals surface area contributed by atoms with Gasteiger partial charge in [0.05, 0.1) is 24.3 Å². The van der Waals surface area contributed by atoms with Crippen molar-refractivity contribution in [2.75, 3.05) is 12.9 Å². The molecular formula is C18H20FN3O4S2. The maximum Gasteiger partial charge on any atom is 0.334 e. The Balaban J connectivity index is 1.62. The molecule has 0 saturated carbocycles. The molecule has 0 N–H and O–H groups in total. The zero-order valence-electron chi connectivity index (χ0n) is 15.4. The first kappa shape index (κ1) is 19.4. The first-order valence-electron chi connectivity index (χ1n) is 9.16. The van der Waals surface area contributed by atoms with Crippen molar-refractivity contribution in [1.82, 2.24) is 14.2 Å². The summed E-state index contributed by atoms with van der Waals surface area (Å²) in [5.74, 6) is 0.292. The number of carbonyl (C=O) groups is 1. The Morgan fingerprint density at radius 1 is 1.25 bits per heavy atom. The molecule has 1 unspecified atom stereocenters. The van der Waals surface area contributed by atoms with E-state index in [2.05, 4.69) is 20.9 Å². The molecule has 1 heterocycles. The van der Waals surface area contributed by atoms with Gasteiger partial charge in [0.15, 0.2) is 12.3 Å². The smallest absolute Gasteiger partial charge is 0.334 e. The minimum Gasteiger partial charge on any atom is -0.469 e. The van der Waals surface area contributed by atoms with Gasteiger partial charge in [-0.15, -0.1) is 13.1 Å². The first-order valence-corrected chi connectivity index (χ1v) is 11.2. The van der Waals surface area contributed by atoms with Gasteiger partial charge < -0.3 is 9.47 Å². The van der Waals surface area contributed by atoms with Gasteiger partial charge >= 0.3 is 12.0 Å². The first-order chi connectivity index (χ1) is 13.6. The Labute approximate surface area is 168 Å². The van der Waals surface area contributed by atoms with Gasteiger partial charge in [0, 0.05) is 5.75 Å². The number of carbonyl (C=O) groups excluding carboxylic acids is 1. The topological polar surface area (TPSA) is 83.3 Å². The Morgan fingerprint density at radius 2 is 1.93 bits per heavy atom. The van der Waals surface area contributed by atoms with Crippen LogP contribution in [0.15, 0.2) is 11.2 Å². The number of nitrogens with zero attached hydrogens (tertiary/aromatic N) is 3. The number of hydrogen-bond donors (Lipinski definition) is 0. The second kappa shape index (κ2) is 8.20. The highest BCUT2D eigenvalue weighted by atomic mass is 32.2. The number of aromatic nitrogens is 3. The van der Waals surface area contributed by atoms with Crippen molar-refractivity contribution < 1.29 is 22.4 Å². The summed E-state index contributed by atoms with van der Waals surface area (Å²) in [6.07, 6.45) is 6.00. The molecule has 0 bridgehead atoms. The average Bonchev–Trinajstić information content (AvgIpc) is 3.44. The van der Waals surface area contributed by atoms with Crippen molar-refractivity contribution in [1.29, 1.82) is 0 Å². The number of methoxy groups -OCH3 is 1. The maximum absolute atomic E-state index is 13.4. The lowest BCUT2D eigenvalue weighted by atomic mass is 10.0. The maximum atomic E-state index is 13.4. The minimum absolute atomic E-state index is 0.00319. The van der Waals surface area contributed by atoms with Crippen LogP contribution in [0.2, 0.25) is 0 Å². The third-order valence-electron chi connectivity index (χ3n) is 5.13. The van der Waals surface area contributed by atoms with Crippen molar-refractivity contribution in [2.24, 2.45) is 0 Å². The molecular weight excluding hydrogens is 405 g/mol. The van der Waals surface area contributed by atoms with Crippen LogP contribution in [0.3, 0.4) is 0 Å². The molecule has 7 nitrogen and oxygen atoms in total. The van der Waals surface area contributed by atoms with Crippen LogP contribution in [0.25, 0.3) is 0 Å². The van der Waals surface area contributed by atoms with Gasteiger partial charge in [-0.3, -0.25) is 9.00 Å². The van der Waals surface area contributed by atoms with E-state index in [0.29, 0.717) is 0 Å². The molecule has 0 amide bonds. The number of benzene rings is 1. The van der Waals surface area contributed by atoms with E-state index < -0.39 is 16.8 Å². The quantitative estimate of drug-likeness (QED) is 0.630. The Morgan fingerprint density at radius 3 is 2.54 bits per heavy atom. The highest BCUT2D eigenvalue weighted by Gasteiger charge is 2.27. The van der Waals surface area contributed by atoms with Gasteiger partial charge in [-0.1, -0.05) is 6.07 Å². The summed E-state index contributed by atoms with van der Waals surface area (Å²) in [4.78, 5) is 15.4. The Hall–Kier alpha value is -1.94. The van der Waals surface area contributed by atoms with Crippen molar-refractivity contribution in [2.45, 2.75) is 50.1 Å². The fourth-order valence-corrected chi connectivity index (χ4v) is 5.00. The average molecular weight is 426 g/mol. The fraction of sp³-hybridized carbons (Fsp3) is 0.500. The van der Waals surface area contributed by atoms with E-state index in [1.807, 2.05) is 0 Å². The molecule has 10 heteroatoms. The van der Waals surface area contributed by atoms with Gasteiger partial charge in [0.2, 0.25) is 5.16 Å². The number of fused-ring (bicyclic) bond motifs is 2. The molecule has 1 aromatic carbocycles. The molecule has 0 spiro atoms. The predicted octanol–water partition coefficient (Wildman–Crippen LogP) is 3.10. The van der Waals surface area contributed by atoms with Gasteiger partial charge in [-0.2, -0.15) is 4.98 Å². The van der Waals surface area contributed by atoms with E-state index >= 15 is 0 Å². The van der Waals surface area contributed by atoms with E-state index in [-0.39, 0.29) is 35.7 Å². The monoisotopic (exact) mass is 425 g/mol. The van der Waals surface area contributed by atoms with E-state index in [4.69, 9.17) is 4.74 Å². The lowest BCUT2D eigenvalue weighted by Crippen LogP contribution is -2.08. The van der Waals surface area contributed by atoms with Crippen LogP contribution in [0, 0.1) is 0 Å². The highest BCUT2D eigenvalue weighted by Crippen LogP contribution is 2.42. The molecule has 4 rings (SSSR count). The van der Waals surface area contributed by atoms with E-state index in [1.165, 1.54) is 18.2 Å². The molecule has 2 aromatic rings. The summed E-state index contributed by atoms with van der Waals surface area (Å²) in [6.45, 7) is 0. The second-order valence-corrected chi connectivity index (χ2v) is 8.73. The summed E-state index contributed by atoms with van der Waals surface area (Å²) in [5, 5.41) is 3.87. The van der Waals surface area contributed by atoms with Crippen molar-refractivity contribution in [3.8, 4) is 11.8 Å². The van der Waals surface area contributed by atoms with Crippen LogP contribution in [-0.4, -0.2) is 37.2 Å². The molecule has 1 atom stereocenters. The number of halogens is 1. The molecule has 0 saturated heterocycles. The molecule has 1 aromatic heterocycles. The van der Waals surface area contributed by atoms with Gasteiger partial charge in [0.25, 0.3) is 0 Å². The van der Waals surface area contributed by atoms with Crippen LogP contribution >= 0.6 is 12.3 Å². The molecule has 2 aliphatic rings. The number of ether oxygens (including phenoxy) is 2. The highest BCUT2D eigenvalue weighted by molar-refractivity contribution is 7.92. The van der Waals surface area contributed by atoms with Crippen LogP contribution in [0.1, 0.15) is 41.5 Å². The third-order valence-corrected chi connectivity index (χ3v) is 6.65. The molecule has 0 radical (unpaired) electrons. The molecule has 28 heavy (non-hydrogen) atoms. The fourth-order valence-electron chi connectivity index (χ4n) is 3.82. The summed E-state index contributed by atoms with van der Waals surface area (Å²) in [7, 11) is -0.392. The summed E-state index contributed by atoms with van der Waals surface area (Å²) >= 11 is -0.160. The lowest BCUT2D eigenvalue weighted by Gasteiger charge is -2.14. The van der Waals surface area contributed by atoms with Crippen LogP contribution in [0.5, 0.6) is 11.8 Å². The zero-order valence-corrected chi connectivity index (χ0v) is 17.0. The molecule has 2 aliphatic carbocycles. The largest absolute Gasteiger partial charge is 0.469 e. The van der Waals surface area contributed by atoms with Crippen molar-refractivity contribution in [3.05, 3.63) is 28.3 Å². The number of rotatable bonds is 7. The normalized spacial score (nSPS) is 15.9. The Kier molecular flexibility index (Phi) is 5.68. The zero-order chi connectivity index (χ0) is 19.7. The molecule has 0 fully saturated rings. The van der Waals surface area contributed by atoms with Crippen LogP contribution < -0.4 is 4.74 Å². The Bertz CT molecular complexity index is 915. The van der Waals surface area contributed by atoms with Gasteiger partial charge in [0.1, 0.15) is 5.75 Å². The van der Waals surface area contributed by atoms with E-state index in [9.17, 15) is 12.9 Å². The SMILES string of the molecule is COC(=O)CCS(=O)c1nc(Oc2c3c(cc4c2CCC4)CCC3)n(SF)n1. The van der Waals surface area contributed by atoms with Crippen LogP contribution in [0.4, 0.5) is 3.89 Å². The van der Waals surface area contributed by atoms with Crippen molar-refractivity contribution >= 4 is 29.1 Å². The van der Waals surface area contributed by atoms with Gasteiger partial charge in [-0.25, -0.2) is 0 Å². The lowest BCUT2D eigenvalue weighted by molar-refractivity contribution is -0.140. The number of esters is 1. The second-order valence-electron chi connectivity index (χ2n) is 6.78. The van der Waals surface area contributed by atoms with Crippen molar-refractivity contribution in [3.63, 3.8) is 0 Å². The number of aryl methyl sites for hydroxylation is 2. The number of hydrogen-bond acceptors (Lipinski definition) is 7. The minimum atomic E-state index is -1.66. The summed E-state index contributed by atoms with van der Waals surface area (Å²) in [6, 6.07) is 2.24. The van der Waals surface area contributed by atoms with E-state index in [1.54, 1.807) is 0 Å². The van der Waals surface area contributed by atoms with Gasteiger partial charge in [-0.05, 0) is 60.8 Å². The third kappa shape index (κ3) is 3.67. The summed E-state index contributed by atoms with van der Waals surface area (Å²) in [5.41, 5.74) is 4.90. The predicted molar refractivity (Wildman–Crippen MR) is 103 cm³/mol. The standard InChI is InChI=1S/C18H20FN3O4S2/c1-25-15(23)8-9-28(24)17-20-18(22(21-17)27-19)26-16-13-6-2-4-11(13)10-12-5-3-7-14(12)16/h10H,2-9H2,1H3. The summed E-state index contributed by atoms with van der Waals surface area (Å²) < 4.78 is 37.3. The molecule has 150 valence electrons. The van der Waals surface area contributed by atoms with E-state index in [0.717, 1.165) is 59.5 Å². The van der Waals surface area contributed by atoms with Crippen LogP contribution in [-0.2, 0) is 46.0 Å². The molecule has 0 aliphatic heterocycles.